The van der Waals surface area contributed by atoms with Gasteiger partial charge in [0.25, 0.3) is 0 Å². The van der Waals surface area contributed by atoms with E-state index in [0.29, 0.717) is 0 Å². The largest absolute Gasteiger partial charge is 0.306 e. The Morgan fingerprint density at radius 3 is 2.94 bits per heavy atom. The van der Waals surface area contributed by atoms with Crippen molar-refractivity contribution in [1.82, 2.24) is 15.1 Å². The molecular formula is C14H16ClN3. The van der Waals surface area contributed by atoms with Gasteiger partial charge in [0.1, 0.15) is 0 Å². The topological polar surface area (TPSA) is 29.9 Å². The molecule has 0 unspecified atom stereocenters. The van der Waals surface area contributed by atoms with Crippen molar-refractivity contribution in [2.45, 2.75) is 19.5 Å². The van der Waals surface area contributed by atoms with Crippen LogP contribution in [0.3, 0.4) is 0 Å². The van der Waals surface area contributed by atoms with Crippen LogP contribution >= 0.6 is 11.6 Å². The highest BCUT2D eigenvalue weighted by Gasteiger charge is 2.08. The summed E-state index contributed by atoms with van der Waals surface area (Å²) in [6.07, 6.45) is 5.44. The van der Waals surface area contributed by atoms with Crippen molar-refractivity contribution in [2.24, 2.45) is 0 Å². The third kappa shape index (κ3) is 3.00. The number of aromatic nitrogens is 2. The fourth-order valence-electron chi connectivity index (χ4n) is 1.78. The minimum absolute atomic E-state index is 0.200. The average molecular weight is 262 g/mol. The Kier molecular flexibility index (Phi) is 4.18. The summed E-state index contributed by atoms with van der Waals surface area (Å²) in [4.78, 5) is 0. The van der Waals surface area contributed by atoms with Crippen LogP contribution in [0.1, 0.15) is 24.1 Å². The number of nitrogens with zero attached hydrogens (tertiary/aromatic N) is 2. The number of halogens is 1. The van der Waals surface area contributed by atoms with E-state index < -0.39 is 0 Å². The summed E-state index contributed by atoms with van der Waals surface area (Å²) in [6, 6.07) is 8.07. The number of hydrogen-bond donors (Lipinski definition) is 1. The molecule has 0 radical (unpaired) electrons. The van der Waals surface area contributed by atoms with Crippen molar-refractivity contribution in [3.8, 4) is 0 Å². The average Bonchev–Trinajstić information content (AvgIpc) is 2.84. The van der Waals surface area contributed by atoms with E-state index in [1.807, 2.05) is 36.7 Å². The molecule has 1 N–H and O–H groups in total. The molecule has 0 amide bonds. The minimum Gasteiger partial charge on any atom is -0.306 e. The van der Waals surface area contributed by atoms with E-state index in [0.717, 1.165) is 22.7 Å². The van der Waals surface area contributed by atoms with Crippen LogP contribution in [-0.2, 0) is 6.54 Å². The Morgan fingerprint density at radius 2 is 2.28 bits per heavy atom. The highest BCUT2D eigenvalue weighted by molar-refractivity contribution is 6.31. The Labute approximate surface area is 112 Å². The third-order valence-electron chi connectivity index (χ3n) is 2.83. The summed E-state index contributed by atoms with van der Waals surface area (Å²) in [6.45, 7) is 6.51. The second kappa shape index (κ2) is 5.85. The molecule has 0 saturated heterocycles. The molecule has 0 bridgehead atoms. The number of benzene rings is 1. The van der Waals surface area contributed by atoms with Crippen molar-refractivity contribution in [3.05, 3.63) is 59.4 Å². The SMILES string of the molecule is C=Cn1cc(CN[C@H](C)c2ccccc2Cl)cn1. The van der Waals surface area contributed by atoms with Gasteiger partial charge in [-0.2, -0.15) is 5.10 Å². The van der Waals surface area contributed by atoms with Crippen LogP contribution in [0.5, 0.6) is 0 Å². The van der Waals surface area contributed by atoms with Gasteiger partial charge >= 0.3 is 0 Å². The second-order valence-electron chi connectivity index (χ2n) is 4.14. The standard InChI is InChI=1S/C14H16ClN3/c1-3-18-10-12(9-17-18)8-16-11(2)13-6-4-5-7-14(13)15/h3-7,9-11,16H,1,8H2,2H3/t11-/m1/s1. The minimum atomic E-state index is 0.200. The first-order chi connectivity index (χ1) is 8.70. The van der Waals surface area contributed by atoms with Gasteiger partial charge in [0.2, 0.25) is 0 Å². The maximum Gasteiger partial charge on any atom is 0.0538 e. The smallest absolute Gasteiger partial charge is 0.0538 e. The van der Waals surface area contributed by atoms with Gasteiger partial charge in [-0.25, -0.2) is 4.68 Å². The van der Waals surface area contributed by atoms with E-state index in [9.17, 15) is 0 Å². The Balaban J connectivity index is 1.98. The maximum absolute atomic E-state index is 6.16. The molecule has 2 aromatic rings. The van der Waals surface area contributed by atoms with Gasteiger partial charge in [0, 0.05) is 35.6 Å². The predicted molar refractivity (Wildman–Crippen MR) is 75.3 cm³/mol. The molecular weight excluding hydrogens is 246 g/mol. The number of nitrogens with one attached hydrogen (secondary N) is 1. The predicted octanol–water partition coefficient (Wildman–Crippen LogP) is 3.49. The first-order valence-corrected chi connectivity index (χ1v) is 6.22. The fourth-order valence-corrected chi connectivity index (χ4v) is 2.08. The van der Waals surface area contributed by atoms with Crippen LogP contribution in [0, 0.1) is 0 Å². The monoisotopic (exact) mass is 261 g/mol. The van der Waals surface area contributed by atoms with Gasteiger partial charge in [-0.3, -0.25) is 0 Å². The molecule has 1 aromatic carbocycles. The van der Waals surface area contributed by atoms with E-state index >= 15 is 0 Å². The van der Waals surface area contributed by atoms with E-state index in [2.05, 4.69) is 23.9 Å². The lowest BCUT2D eigenvalue weighted by Gasteiger charge is -2.14. The van der Waals surface area contributed by atoms with E-state index in [-0.39, 0.29) is 6.04 Å². The molecule has 94 valence electrons. The van der Waals surface area contributed by atoms with Gasteiger partial charge in [0.05, 0.1) is 6.20 Å². The van der Waals surface area contributed by atoms with E-state index in [4.69, 9.17) is 11.6 Å². The van der Waals surface area contributed by atoms with Gasteiger partial charge in [-0.05, 0) is 18.6 Å². The van der Waals surface area contributed by atoms with Crippen LogP contribution in [0.2, 0.25) is 5.02 Å². The van der Waals surface area contributed by atoms with Gasteiger partial charge in [-0.15, -0.1) is 0 Å². The number of hydrogen-bond acceptors (Lipinski definition) is 2. The van der Waals surface area contributed by atoms with Crippen molar-refractivity contribution < 1.29 is 0 Å². The number of rotatable bonds is 5. The summed E-state index contributed by atoms with van der Waals surface area (Å²) in [5.41, 5.74) is 2.23. The molecule has 0 aliphatic rings. The van der Waals surface area contributed by atoms with Crippen LogP contribution in [-0.4, -0.2) is 9.78 Å². The zero-order chi connectivity index (χ0) is 13.0. The molecule has 0 saturated carbocycles. The summed E-state index contributed by atoms with van der Waals surface area (Å²) in [5.74, 6) is 0. The first kappa shape index (κ1) is 12.9. The molecule has 1 heterocycles. The zero-order valence-electron chi connectivity index (χ0n) is 10.3. The van der Waals surface area contributed by atoms with Crippen LogP contribution < -0.4 is 5.32 Å². The molecule has 0 aliphatic carbocycles. The molecule has 0 spiro atoms. The van der Waals surface area contributed by atoms with Crippen molar-refractivity contribution >= 4 is 17.8 Å². The third-order valence-corrected chi connectivity index (χ3v) is 3.17. The molecule has 0 fully saturated rings. The molecule has 3 nitrogen and oxygen atoms in total. The lowest BCUT2D eigenvalue weighted by molar-refractivity contribution is 0.575. The quantitative estimate of drug-likeness (QED) is 0.893. The Hall–Kier alpha value is -1.58. The molecule has 18 heavy (non-hydrogen) atoms. The van der Waals surface area contributed by atoms with Gasteiger partial charge < -0.3 is 5.32 Å². The van der Waals surface area contributed by atoms with Crippen molar-refractivity contribution in [2.75, 3.05) is 0 Å². The Bertz CT molecular complexity index is 533. The lowest BCUT2D eigenvalue weighted by atomic mass is 10.1. The van der Waals surface area contributed by atoms with Crippen molar-refractivity contribution in [1.29, 1.82) is 0 Å². The second-order valence-corrected chi connectivity index (χ2v) is 4.54. The van der Waals surface area contributed by atoms with Gasteiger partial charge in [0.15, 0.2) is 0 Å². The molecule has 1 atom stereocenters. The summed E-state index contributed by atoms with van der Waals surface area (Å²) >= 11 is 6.16. The molecule has 1 aromatic heterocycles. The van der Waals surface area contributed by atoms with Crippen LogP contribution in [0.15, 0.2) is 43.2 Å². The summed E-state index contributed by atoms with van der Waals surface area (Å²) < 4.78 is 1.69. The van der Waals surface area contributed by atoms with E-state index in [1.54, 1.807) is 10.9 Å². The zero-order valence-corrected chi connectivity index (χ0v) is 11.1. The lowest BCUT2D eigenvalue weighted by Crippen LogP contribution is -2.18. The van der Waals surface area contributed by atoms with Gasteiger partial charge in [-0.1, -0.05) is 36.4 Å². The van der Waals surface area contributed by atoms with Crippen LogP contribution in [0.25, 0.3) is 6.20 Å². The van der Waals surface area contributed by atoms with Crippen molar-refractivity contribution in [3.63, 3.8) is 0 Å². The molecule has 0 aliphatic heterocycles. The Morgan fingerprint density at radius 1 is 1.50 bits per heavy atom. The highest BCUT2D eigenvalue weighted by Crippen LogP contribution is 2.22. The normalized spacial score (nSPS) is 12.3. The van der Waals surface area contributed by atoms with Crippen LogP contribution in [0.4, 0.5) is 0 Å². The molecule has 4 heteroatoms. The molecule has 2 rings (SSSR count). The highest BCUT2D eigenvalue weighted by atomic mass is 35.5. The summed E-state index contributed by atoms with van der Waals surface area (Å²) in [7, 11) is 0. The summed E-state index contributed by atoms with van der Waals surface area (Å²) in [5, 5.41) is 8.35. The fraction of sp³-hybridized carbons (Fsp3) is 0.214. The first-order valence-electron chi connectivity index (χ1n) is 5.84. The van der Waals surface area contributed by atoms with E-state index in [1.165, 1.54) is 0 Å². The maximum atomic E-state index is 6.16.